The molecule has 0 unspecified atom stereocenters. The van der Waals surface area contributed by atoms with Gasteiger partial charge in [0.15, 0.2) is 5.84 Å². The molecule has 17 heavy (non-hydrogen) atoms. The quantitative estimate of drug-likeness (QED) is 0.259. The second kappa shape index (κ2) is 6.70. The Balaban J connectivity index is 2.80. The molecule has 0 aliphatic carbocycles. The second-order valence-corrected chi connectivity index (χ2v) is 3.29. The minimum atomic E-state index is -0.593. The molecule has 0 heterocycles. The van der Waals surface area contributed by atoms with Gasteiger partial charge in [0.05, 0.1) is 12.2 Å². The summed E-state index contributed by atoms with van der Waals surface area (Å²) in [6.07, 6.45) is 0.669. The highest BCUT2D eigenvalue weighted by atomic mass is 19.1. The van der Waals surface area contributed by atoms with Crippen molar-refractivity contribution in [1.82, 2.24) is 0 Å². The normalized spacial score (nSPS) is 11.5. The van der Waals surface area contributed by atoms with Crippen LogP contribution in [0.25, 0.3) is 0 Å². The van der Waals surface area contributed by atoms with Crippen molar-refractivity contribution < 1.29 is 19.1 Å². The molecule has 0 saturated carbocycles. The molecule has 3 N–H and O–H groups in total. The summed E-state index contributed by atoms with van der Waals surface area (Å²) < 4.78 is 23.7. The van der Waals surface area contributed by atoms with Crippen molar-refractivity contribution in [1.29, 1.82) is 0 Å². The van der Waals surface area contributed by atoms with Gasteiger partial charge in [0.25, 0.3) is 0 Å². The Morgan fingerprint density at radius 2 is 2.24 bits per heavy atom. The first-order valence-electron chi connectivity index (χ1n) is 5.09. The van der Waals surface area contributed by atoms with Gasteiger partial charge in [0.2, 0.25) is 0 Å². The van der Waals surface area contributed by atoms with E-state index in [1.807, 2.05) is 0 Å². The van der Waals surface area contributed by atoms with Gasteiger partial charge < -0.3 is 20.4 Å². The van der Waals surface area contributed by atoms with Crippen LogP contribution in [0.4, 0.5) is 4.39 Å². The highest BCUT2D eigenvalue weighted by molar-refractivity contribution is 5.99. The number of nitrogens with two attached hydrogens (primary N) is 1. The first-order chi connectivity index (χ1) is 8.20. The monoisotopic (exact) mass is 242 g/mol. The number of benzene rings is 1. The van der Waals surface area contributed by atoms with Crippen molar-refractivity contribution in [2.45, 2.75) is 6.42 Å². The van der Waals surface area contributed by atoms with Crippen LogP contribution in [0.2, 0.25) is 0 Å². The van der Waals surface area contributed by atoms with E-state index in [9.17, 15) is 4.39 Å². The molecule has 0 aromatic heterocycles. The van der Waals surface area contributed by atoms with Gasteiger partial charge in [-0.25, -0.2) is 4.39 Å². The predicted octanol–water partition coefficient (Wildman–Crippen LogP) is 1.34. The fraction of sp³-hybridized carbons (Fsp3) is 0.364. The number of hydrogen-bond donors (Lipinski definition) is 2. The molecule has 1 aromatic rings. The highest BCUT2D eigenvalue weighted by Gasteiger charge is 2.13. The molecule has 0 aliphatic heterocycles. The molecule has 0 spiro atoms. The van der Waals surface area contributed by atoms with E-state index in [1.165, 1.54) is 12.1 Å². The lowest BCUT2D eigenvalue weighted by molar-refractivity contribution is 0.172. The zero-order valence-electron chi connectivity index (χ0n) is 9.52. The van der Waals surface area contributed by atoms with Crippen molar-refractivity contribution >= 4 is 5.84 Å². The van der Waals surface area contributed by atoms with Crippen LogP contribution in [0.15, 0.2) is 23.4 Å². The summed E-state index contributed by atoms with van der Waals surface area (Å²) in [5.41, 5.74) is 5.35. The Kier molecular flexibility index (Phi) is 5.22. The van der Waals surface area contributed by atoms with Crippen LogP contribution >= 0.6 is 0 Å². The van der Waals surface area contributed by atoms with Gasteiger partial charge >= 0.3 is 0 Å². The smallest absolute Gasteiger partial charge is 0.176 e. The third-order valence-electron chi connectivity index (χ3n) is 2.09. The SMILES string of the molecule is COCCCOc1cccc(F)c1/C(N)=N/O. The summed E-state index contributed by atoms with van der Waals surface area (Å²) in [5, 5.41) is 11.3. The number of hydrogen-bond acceptors (Lipinski definition) is 4. The van der Waals surface area contributed by atoms with E-state index >= 15 is 0 Å². The molecule has 5 nitrogen and oxygen atoms in total. The highest BCUT2D eigenvalue weighted by Crippen LogP contribution is 2.21. The van der Waals surface area contributed by atoms with E-state index in [0.717, 1.165) is 0 Å². The Labute approximate surface area is 98.6 Å². The van der Waals surface area contributed by atoms with Gasteiger partial charge in [-0.1, -0.05) is 11.2 Å². The van der Waals surface area contributed by atoms with Crippen molar-refractivity contribution in [3.8, 4) is 5.75 Å². The largest absolute Gasteiger partial charge is 0.493 e. The van der Waals surface area contributed by atoms with Crippen LogP contribution in [0.1, 0.15) is 12.0 Å². The average Bonchev–Trinajstić information content (AvgIpc) is 2.34. The standard InChI is InChI=1S/C11H15FN2O3/c1-16-6-3-7-17-9-5-2-4-8(12)10(9)11(13)14-15/h2,4-5,15H,3,6-7H2,1H3,(H2,13,14). The lowest BCUT2D eigenvalue weighted by Crippen LogP contribution is -2.17. The first-order valence-corrected chi connectivity index (χ1v) is 5.09. The fourth-order valence-corrected chi connectivity index (χ4v) is 1.31. The molecule has 0 atom stereocenters. The Morgan fingerprint density at radius 1 is 1.47 bits per heavy atom. The number of oxime groups is 1. The minimum absolute atomic E-state index is 0.0348. The number of ether oxygens (including phenoxy) is 2. The summed E-state index contributed by atoms with van der Waals surface area (Å²) in [7, 11) is 1.59. The van der Waals surface area contributed by atoms with E-state index in [4.69, 9.17) is 20.4 Å². The average molecular weight is 242 g/mol. The van der Waals surface area contributed by atoms with Crippen molar-refractivity contribution in [3.63, 3.8) is 0 Å². The lowest BCUT2D eigenvalue weighted by Gasteiger charge is -2.10. The molecular weight excluding hydrogens is 227 g/mol. The van der Waals surface area contributed by atoms with Crippen LogP contribution in [0, 0.1) is 5.82 Å². The summed E-state index contributed by atoms with van der Waals surface area (Å²) in [5.74, 6) is -0.661. The number of nitrogens with zero attached hydrogens (tertiary/aromatic N) is 1. The predicted molar refractivity (Wildman–Crippen MR) is 60.9 cm³/mol. The number of halogens is 1. The van der Waals surface area contributed by atoms with Crippen molar-refractivity contribution in [3.05, 3.63) is 29.6 Å². The number of methoxy groups -OCH3 is 1. The van der Waals surface area contributed by atoms with E-state index in [0.29, 0.717) is 19.6 Å². The van der Waals surface area contributed by atoms with Gasteiger partial charge in [-0.2, -0.15) is 0 Å². The lowest BCUT2D eigenvalue weighted by atomic mass is 10.1. The molecule has 0 fully saturated rings. The molecule has 6 heteroatoms. The molecule has 0 saturated heterocycles. The van der Waals surface area contributed by atoms with E-state index in [1.54, 1.807) is 13.2 Å². The Bertz CT molecular complexity index is 396. The summed E-state index contributed by atoms with van der Waals surface area (Å²) >= 11 is 0. The zero-order valence-corrected chi connectivity index (χ0v) is 9.52. The number of rotatable bonds is 6. The van der Waals surface area contributed by atoms with Gasteiger partial charge in [-0.05, 0) is 12.1 Å². The first kappa shape index (κ1) is 13.2. The maximum absolute atomic E-state index is 13.5. The maximum atomic E-state index is 13.5. The molecule has 0 radical (unpaired) electrons. The van der Waals surface area contributed by atoms with Crippen LogP contribution in [-0.4, -0.2) is 31.4 Å². The molecule has 1 rings (SSSR count). The van der Waals surface area contributed by atoms with Crippen molar-refractivity contribution in [2.24, 2.45) is 10.9 Å². The molecule has 94 valence electrons. The van der Waals surface area contributed by atoms with Crippen LogP contribution in [0.5, 0.6) is 5.75 Å². The van der Waals surface area contributed by atoms with Crippen molar-refractivity contribution in [2.75, 3.05) is 20.3 Å². The van der Waals surface area contributed by atoms with Crippen LogP contribution in [-0.2, 0) is 4.74 Å². The molecule has 0 bridgehead atoms. The minimum Gasteiger partial charge on any atom is -0.493 e. The summed E-state index contributed by atoms with van der Waals surface area (Å²) in [6, 6.07) is 4.27. The van der Waals surface area contributed by atoms with E-state index in [2.05, 4.69) is 5.16 Å². The summed E-state index contributed by atoms with van der Waals surface area (Å²) in [4.78, 5) is 0. The van der Waals surface area contributed by atoms with Crippen LogP contribution < -0.4 is 10.5 Å². The van der Waals surface area contributed by atoms with E-state index < -0.39 is 5.82 Å². The zero-order chi connectivity index (χ0) is 12.7. The third-order valence-corrected chi connectivity index (χ3v) is 2.09. The number of amidine groups is 1. The fourth-order valence-electron chi connectivity index (χ4n) is 1.31. The molecule has 0 amide bonds. The Morgan fingerprint density at radius 3 is 2.88 bits per heavy atom. The van der Waals surface area contributed by atoms with Gasteiger partial charge in [0.1, 0.15) is 11.6 Å². The molecular formula is C11H15FN2O3. The van der Waals surface area contributed by atoms with Gasteiger partial charge in [-0.15, -0.1) is 0 Å². The summed E-state index contributed by atoms with van der Waals surface area (Å²) in [6.45, 7) is 0.914. The Hall–Kier alpha value is -1.82. The van der Waals surface area contributed by atoms with Crippen LogP contribution in [0.3, 0.4) is 0 Å². The molecule has 0 aliphatic rings. The van der Waals surface area contributed by atoms with Gasteiger partial charge in [0, 0.05) is 20.1 Å². The van der Waals surface area contributed by atoms with Gasteiger partial charge in [-0.3, -0.25) is 0 Å². The maximum Gasteiger partial charge on any atom is 0.176 e. The molecule has 1 aromatic carbocycles. The third kappa shape index (κ3) is 3.60. The second-order valence-electron chi connectivity index (χ2n) is 3.29. The topological polar surface area (TPSA) is 77.1 Å². The van der Waals surface area contributed by atoms with E-state index in [-0.39, 0.29) is 17.1 Å².